The number of benzene rings is 2. The first-order valence-corrected chi connectivity index (χ1v) is 7.95. The number of aryl methyl sites for hydroxylation is 1. The molecule has 1 aliphatic carbocycles. The zero-order valence-corrected chi connectivity index (χ0v) is 13.1. The van der Waals surface area contributed by atoms with Gasteiger partial charge in [-0.2, -0.15) is 0 Å². The van der Waals surface area contributed by atoms with Gasteiger partial charge in [0.05, 0.1) is 5.69 Å². The molecular formula is C20H21NO. The Morgan fingerprint density at radius 2 is 1.77 bits per heavy atom. The molecular weight excluding hydrogens is 270 g/mol. The molecule has 2 nitrogen and oxygen atoms in total. The maximum atomic E-state index is 6.04. The van der Waals surface area contributed by atoms with Crippen molar-refractivity contribution in [2.24, 2.45) is 0 Å². The molecule has 2 heteroatoms. The smallest absolute Gasteiger partial charge is 0.158 e. The molecule has 0 bridgehead atoms. The molecule has 0 unspecified atom stereocenters. The van der Waals surface area contributed by atoms with Crippen LogP contribution in [0.15, 0.2) is 59.0 Å². The lowest BCUT2D eigenvalue weighted by atomic mass is 10.0. The highest BCUT2D eigenvalue weighted by molar-refractivity contribution is 5.95. The minimum absolute atomic E-state index is 0.952. The fourth-order valence-electron chi connectivity index (χ4n) is 2.77. The van der Waals surface area contributed by atoms with Crippen molar-refractivity contribution in [1.82, 2.24) is 0 Å². The largest absolute Gasteiger partial charge is 0.454 e. The van der Waals surface area contributed by atoms with Crippen LogP contribution in [0.1, 0.15) is 31.6 Å². The molecule has 0 fully saturated rings. The first-order valence-electron chi connectivity index (χ1n) is 7.95. The number of nitrogens with one attached hydrogen (secondary N) is 1. The fourth-order valence-corrected chi connectivity index (χ4v) is 2.77. The lowest BCUT2D eigenvalue weighted by molar-refractivity contribution is 0.596. The molecule has 0 amide bonds. The van der Waals surface area contributed by atoms with Crippen LogP contribution < -0.4 is 5.32 Å². The van der Waals surface area contributed by atoms with E-state index in [4.69, 9.17) is 4.42 Å². The Labute approximate surface area is 131 Å². The van der Waals surface area contributed by atoms with Crippen LogP contribution in [0.3, 0.4) is 0 Å². The summed E-state index contributed by atoms with van der Waals surface area (Å²) in [5.74, 6) is 1.01. The van der Waals surface area contributed by atoms with E-state index in [1.165, 1.54) is 10.9 Å². The number of hydrogen-bond donors (Lipinski definition) is 1. The highest BCUT2D eigenvalue weighted by Crippen LogP contribution is 2.35. The molecule has 4 rings (SSSR count). The molecule has 3 aromatic rings. The van der Waals surface area contributed by atoms with E-state index in [1.54, 1.807) is 0 Å². The van der Waals surface area contributed by atoms with Crippen molar-refractivity contribution in [3.8, 4) is 0 Å². The number of anilines is 2. The first kappa shape index (κ1) is 14.5. The van der Waals surface area contributed by atoms with E-state index < -0.39 is 0 Å². The number of hydrogen-bond acceptors (Lipinski definition) is 2. The molecule has 1 aliphatic rings. The van der Waals surface area contributed by atoms with E-state index in [0.29, 0.717) is 0 Å². The molecule has 0 saturated heterocycles. The predicted octanol–water partition coefficient (Wildman–Crippen LogP) is 6.16. The Kier molecular flexibility index (Phi) is 4.29. The summed E-state index contributed by atoms with van der Waals surface area (Å²) in [6.45, 7) is 4.00. The summed E-state index contributed by atoms with van der Waals surface area (Å²) in [7, 11) is 0. The normalized spacial score (nSPS) is 12.5. The standard InChI is InChI=1S/C18H15NO.C2H6/c1-2-7-13(8-3-1)19-16-11-6-10-15-14-9-4-5-12-17(14)20-18(15)16;1-2/h1-3,5-8,10-12,19H,4,9H2;1-2H3. The van der Waals surface area contributed by atoms with E-state index in [-0.39, 0.29) is 0 Å². The Morgan fingerprint density at radius 3 is 2.59 bits per heavy atom. The van der Waals surface area contributed by atoms with Crippen LogP contribution in [0.25, 0.3) is 17.0 Å². The second kappa shape index (κ2) is 6.52. The average molecular weight is 291 g/mol. The van der Waals surface area contributed by atoms with Gasteiger partial charge in [0.2, 0.25) is 0 Å². The number of fused-ring (bicyclic) bond motifs is 3. The quantitative estimate of drug-likeness (QED) is 0.611. The van der Waals surface area contributed by atoms with Crippen molar-refractivity contribution in [2.75, 3.05) is 5.32 Å². The molecule has 1 N–H and O–H groups in total. The lowest BCUT2D eigenvalue weighted by Crippen LogP contribution is -1.91. The summed E-state index contributed by atoms with van der Waals surface area (Å²) in [5.41, 5.74) is 4.38. The van der Waals surface area contributed by atoms with Crippen molar-refractivity contribution >= 4 is 28.4 Å². The highest BCUT2D eigenvalue weighted by Gasteiger charge is 2.16. The third-order valence-corrected chi connectivity index (χ3v) is 3.73. The van der Waals surface area contributed by atoms with Gasteiger partial charge in [0, 0.05) is 16.6 Å². The fraction of sp³-hybridized carbons (Fsp3) is 0.200. The molecule has 1 aromatic heterocycles. The number of para-hydroxylation sites is 2. The number of rotatable bonds is 2. The number of furan rings is 1. The summed E-state index contributed by atoms with van der Waals surface area (Å²) in [6, 6.07) is 16.5. The summed E-state index contributed by atoms with van der Waals surface area (Å²) < 4.78 is 6.04. The summed E-state index contributed by atoms with van der Waals surface area (Å²) >= 11 is 0. The van der Waals surface area contributed by atoms with E-state index in [0.717, 1.165) is 35.6 Å². The van der Waals surface area contributed by atoms with Crippen LogP contribution in [-0.4, -0.2) is 0 Å². The first-order chi connectivity index (χ1) is 10.9. The van der Waals surface area contributed by atoms with Gasteiger partial charge in [-0.25, -0.2) is 0 Å². The summed E-state index contributed by atoms with van der Waals surface area (Å²) in [5, 5.41) is 4.67. The average Bonchev–Trinajstić information content (AvgIpc) is 2.98. The van der Waals surface area contributed by atoms with Crippen LogP contribution in [0.5, 0.6) is 0 Å². The van der Waals surface area contributed by atoms with Crippen molar-refractivity contribution < 1.29 is 4.42 Å². The highest BCUT2D eigenvalue weighted by atomic mass is 16.3. The van der Waals surface area contributed by atoms with E-state index in [1.807, 2.05) is 32.0 Å². The van der Waals surface area contributed by atoms with Gasteiger partial charge in [-0.05, 0) is 37.1 Å². The van der Waals surface area contributed by atoms with Crippen LogP contribution in [0.4, 0.5) is 11.4 Å². The maximum Gasteiger partial charge on any atom is 0.158 e. The van der Waals surface area contributed by atoms with Crippen molar-refractivity contribution in [3.63, 3.8) is 0 Å². The lowest BCUT2D eigenvalue weighted by Gasteiger charge is -2.06. The van der Waals surface area contributed by atoms with Gasteiger partial charge in [0.1, 0.15) is 5.76 Å². The molecule has 0 aliphatic heterocycles. The van der Waals surface area contributed by atoms with Crippen molar-refractivity contribution in [2.45, 2.75) is 26.7 Å². The zero-order valence-electron chi connectivity index (χ0n) is 13.1. The summed E-state index contributed by atoms with van der Waals surface area (Å²) in [4.78, 5) is 0. The Balaban J connectivity index is 0.000000693. The van der Waals surface area contributed by atoms with Crippen molar-refractivity contribution in [3.05, 3.63) is 65.9 Å². The van der Waals surface area contributed by atoms with E-state index in [9.17, 15) is 0 Å². The van der Waals surface area contributed by atoms with Gasteiger partial charge in [-0.3, -0.25) is 0 Å². The van der Waals surface area contributed by atoms with Gasteiger partial charge < -0.3 is 9.73 Å². The Morgan fingerprint density at radius 1 is 0.955 bits per heavy atom. The summed E-state index contributed by atoms with van der Waals surface area (Å²) in [6.07, 6.45) is 6.42. The zero-order chi connectivity index (χ0) is 15.4. The molecule has 22 heavy (non-hydrogen) atoms. The second-order valence-electron chi connectivity index (χ2n) is 5.06. The van der Waals surface area contributed by atoms with Crippen LogP contribution in [0, 0.1) is 0 Å². The van der Waals surface area contributed by atoms with Crippen molar-refractivity contribution in [1.29, 1.82) is 0 Å². The Bertz CT molecular complexity index is 784. The van der Waals surface area contributed by atoms with Gasteiger partial charge >= 0.3 is 0 Å². The molecule has 2 aromatic carbocycles. The van der Waals surface area contributed by atoms with Gasteiger partial charge in [-0.15, -0.1) is 0 Å². The van der Waals surface area contributed by atoms with E-state index in [2.05, 4.69) is 47.8 Å². The molecule has 0 radical (unpaired) electrons. The van der Waals surface area contributed by atoms with Crippen LogP contribution in [-0.2, 0) is 6.42 Å². The van der Waals surface area contributed by atoms with Gasteiger partial charge in [0.15, 0.2) is 5.58 Å². The SMILES string of the molecule is C1=Cc2oc3c(Nc4ccccc4)cccc3c2CC1.CC. The third kappa shape index (κ3) is 2.64. The predicted molar refractivity (Wildman–Crippen MR) is 94.6 cm³/mol. The Hall–Kier alpha value is -2.48. The van der Waals surface area contributed by atoms with Gasteiger partial charge in [-0.1, -0.05) is 50.3 Å². The van der Waals surface area contributed by atoms with Crippen LogP contribution >= 0.6 is 0 Å². The molecule has 112 valence electrons. The molecule has 0 saturated carbocycles. The monoisotopic (exact) mass is 291 g/mol. The maximum absolute atomic E-state index is 6.04. The third-order valence-electron chi connectivity index (χ3n) is 3.73. The number of allylic oxidation sites excluding steroid dienone is 1. The van der Waals surface area contributed by atoms with Gasteiger partial charge in [0.25, 0.3) is 0 Å². The second-order valence-corrected chi connectivity index (χ2v) is 5.06. The minimum Gasteiger partial charge on any atom is -0.454 e. The van der Waals surface area contributed by atoms with Crippen LogP contribution in [0.2, 0.25) is 0 Å². The van der Waals surface area contributed by atoms with E-state index >= 15 is 0 Å². The molecule has 1 heterocycles. The minimum atomic E-state index is 0.952. The molecule has 0 atom stereocenters. The molecule has 0 spiro atoms. The topological polar surface area (TPSA) is 25.2 Å².